The normalized spacial score (nSPS) is 19.8. The maximum Gasteiger partial charge on any atom is 0.416 e. The Balaban J connectivity index is 1.91. The zero-order valence-corrected chi connectivity index (χ0v) is 14.1. The molecule has 2 heterocycles. The molecule has 2 aromatic rings. The van der Waals surface area contributed by atoms with Gasteiger partial charge in [-0.3, -0.25) is 4.79 Å². The number of sulfone groups is 1. The Kier molecular flexibility index (Phi) is 4.13. The number of hydrogen-bond acceptors (Lipinski definition) is 4. The molecule has 0 aliphatic carbocycles. The summed E-state index contributed by atoms with van der Waals surface area (Å²) >= 11 is 6.92. The molecule has 1 amide bonds. The van der Waals surface area contributed by atoms with Crippen molar-refractivity contribution < 1.29 is 26.4 Å². The fourth-order valence-electron chi connectivity index (χ4n) is 2.29. The fraction of sp³-hybridized carbons (Fsp3) is 0.214. The lowest BCUT2D eigenvalue weighted by molar-refractivity contribution is -0.137. The van der Waals surface area contributed by atoms with Crippen molar-refractivity contribution in [3.8, 4) is 0 Å². The van der Waals surface area contributed by atoms with Gasteiger partial charge in [0.25, 0.3) is 5.91 Å². The Bertz CT molecular complexity index is 964. The van der Waals surface area contributed by atoms with E-state index < -0.39 is 33.5 Å². The number of carbonyl (C=O) groups excluding carboxylic acids is 1. The lowest BCUT2D eigenvalue weighted by atomic mass is 10.1. The molecule has 128 valence electrons. The van der Waals surface area contributed by atoms with Gasteiger partial charge in [0.2, 0.25) is 0 Å². The highest BCUT2D eigenvalue weighted by atomic mass is 35.5. The Morgan fingerprint density at radius 1 is 1.33 bits per heavy atom. The molecule has 1 aliphatic heterocycles. The monoisotopic (exact) mass is 395 g/mol. The van der Waals surface area contributed by atoms with Crippen LogP contribution in [0.25, 0.3) is 10.1 Å². The maximum atomic E-state index is 12.8. The predicted molar refractivity (Wildman–Crippen MR) is 86.0 cm³/mol. The molecule has 1 N–H and O–H groups in total. The molecule has 24 heavy (non-hydrogen) atoms. The van der Waals surface area contributed by atoms with Gasteiger partial charge < -0.3 is 5.32 Å². The average Bonchev–Trinajstić information content (AvgIpc) is 2.98. The summed E-state index contributed by atoms with van der Waals surface area (Å²) in [4.78, 5) is 12.3. The molecule has 1 aromatic carbocycles. The highest BCUT2D eigenvalue weighted by Gasteiger charge is 2.31. The van der Waals surface area contributed by atoms with Gasteiger partial charge in [-0.05, 0) is 18.2 Å². The second-order valence-electron chi connectivity index (χ2n) is 5.19. The van der Waals surface area contributed by atoms with Gasteiger partial charge in [0.15, 0.2) is 9.84 Å². The van der Waals surface area contributed by atoms with Crippen molar-refractivity contribution in [3.63, 3.8) is 0 Å². The number of amides is 1. The van der Waals surface area contributed by atoms with Gasteiger partial charge in [-0.15, -0.1) is 11.3 Å². The number of alkyl halides is 3. The molecule has 1 unspecified atom stereocenters. The summed E-state index contributed by atoms with van der Waals surface area (Å²) in [6.45, 7) is 0. The number of halogens is 4. The van der Waals surface area contributed by atoms with Crippen LogP contribution in [0.1, 0.15) is 15.2 Å². The first-order valence-corrected chi connectivity index (χ1v) is 9.49. The Morgan fingerprint density at radius 3 is 2.62 bits per heavy atom. The molecule has 0 saturated heterocycles. The summed E-state index contributed by atoms with van der Waals surface area (Å²) in [6, 6.07) is 2.36. The first kappa shape index (κ1) is 17.2. The van der Waals surface area contributed by atoms with Crippen molar-refractivity contribution in [1.82, 2.24) is 5.32 Å². The topological polar surface area (TPSA) is 63.2 Å². The van der Waals surface area contributed by atoms with Crippen LogP contribution in [0.2, 0.25) is 5.02 Å². The van der Waals surface area contributed by atoms with E-state index in [-0.39, 0.29) is 20.4 Å². The van der Waals surface area contributed by atoms with Crippen LogP contribution in [-0.2, 0) is 16.0 Å². The molecule has 0 spiro atoms. The summed E-state index contributed by atoms with van der Waals surface area (Å²) in [7, 11) is -3.33. The van der Waals surface area contributed by atoms with E-state index in [1.165, 1.54) is 12.1 Å². The minimum Gasteiger partial charge on any atom is -0.344 e. The van der Waals surface area contributed by atoms with Crippen LogP contribution in [0.4, 0.5) is 13.2 Å². The van der Waals surface area contributed by atoms with Gasteiger partial charge in [-0.25, -0.2) is 8.42 Å². The second kappa shape index (κ2) is 5.75. The van der Waals surface area contributed by atoms with E-state index in [0.717, 1.165) is 28.9 Å². The van der Waals surface area contributed by atoms with Crippen LogP contribution < -0.4 is 5.32 Å². The summed E-state index contributed by atoms with van der Waals surface area (Å²) in [5.41, 5.74) is -0.829. The Morgan fingerprint density at radius 2 is 2.04 bits per heavy atom. The molecule has 0 saturated carbocycles. The van der Waals surface area contributed by atoms with E-state index in [4.69, 9.17) is 11.6 Å². The summed E-state index contributed by atoms with van der Waals surface area (Å²) in [5.74, 6) is -0.874. The Labute approximate surface area is 143 Å². The number of fused-ring (bicyclic) bond motifs is 1. The van der Waals surface area contributed by atoms with Crippen LogP contribution in [0.3, 0.4) is 0 Å². The van der Waals surface area contributed by atoms with Crippen LogP contribution in [-0.4, -0.2) is 26.1 Å². The van der Waals surface area contributed by atoms with Crippen molar-refractivity contribution in [2.75, 3.05) is 5.75 Å². The smallest absolute Gasteiger partial charge is 0.344 e. The van der Waals surface area contributed by atoms with Gasteiger partial charge in [0, 0.05) is 15.5 Å². The van der Waals surface area contributed by atoms with Crippen LogP contribution in [0.15, 0.2) is 29.7 Å². The van der Waals surface area contributed by atoms with Crippen molar-refractivity contribution in [1.29, 1.82) is 0 Å². The molecule has 0 bridgehead atoms. The molecule has 1 atom stereocenters. The number of nitrogens with one attached hydrogen (secondary N) is 1. The van der Waals surface area contributed by atoms with Crippen LogP contribution >= 0.6 is 22.9 Å². The van der Waals surface area contributed by atoms with Gasteiger partial charge in [0.05, 0.1) is 22.4 Å². The average molecular weight is 396 g/mol. The van der Waals surface area contributed by atoms with Gasteiger partial charge >= 0.3 is 6.18 Å². The first-order chi connectivity index (χ1) is 11.1. The Hall–Kier alpha value is -1.58. The quantitative estimate of drug-likeness (QED) is 0.844. The number of benzene rings is 1. The van der Waals surface area contributed by atoms with Crippen molar-refractivity contribution in [3.05, 3.63) is 45.1 Å². The third kappa shape index (κ3) is 3.28. The van der Waals surface area contributed by atoms with E-state index in [1.54, 1.807) is 0 Å². The first-order valence-electron chi connectivity index (χ1n) is 6.58. The van der Waals surface area contributed by atoms with Crippen LogP contribution in [0.5, 0.6) is 0 Å². The standard InChI is InChI=1S/C14H9ClF3NO3S2/c15-11-9-2-1-7(14(16,17)18)5-10(9)23-12(11)13(20)19-8-3-4-24(21,22)6-8/h1-5,8H,6H2,(H,19,20). The minimum absolute atomic E-state index is 0.0451. The predicted octanol–water partition coefficient (Wildman–Crippen LogP) is 3.61. The third-order valence-corrected chi connectivity index (χ3v) is 6.46. The number of hydrogen-bond donors (Lipinski definition) is 1. The lowest BCUT2D eigenvalue weighted by Crippen LogP contribution is -2.35. The minimum atomic E-state index is -4.49. The fourth-order valence-corrected chi connectivity index (χ4v) is 4.98. The molecule has 0 radical (unpaired) electrons. The maximum absolute atomic E-state index is 12.8. The highest BCUT2D eigenvalue weighted by Crippen LogP contribution is 2.39. The number of thiophene rings is 1. The SMILES string of the molecule is O=C(NC1C=CS(=O)(=O)C1)c1sc2cc(C(F)(F)F)ccc2c1Cl. The van der Waals surface area contributed by atoms with E-state index in [1.807, 2.05) is 0 Å². The highest BCUT2D eigenvalue weighted by molar-refractivity contribution is 7.94. The molecule has 10 heteroatoms. The molecule has 3 rings (SSSR count). The van der Waals surface area contributed by atoms with Gasteiger partial charge in [0.1, 0.15) is 4.88 Å². The van der Waals surface area contributed by atoms with Crippen molar-refractivity contribution in [2.24, 2.45) is 0 Å². The summed E-state index contributed by atoms with van der Waals surface area (Å²) in [6.07, 6.45) is -3.15. The van der Waals surface area contributed by atoms with E-state index in [0.29, 0.717) is 5.39 Å². The van der Waals surface area contributed by atoms with E-state index in [9.17, 15) is 26.4 Å². The molecular weight excluding hydrogens is 387 g/mol. The molecule has 0 fully saturated rings. The second-order valence-corrected chi connectivity index (χ2v) is 8.55. The van der Waals surface area contributed by atoms with Crippen LogP contribution in [0, 0.1) is 0 Å². The summed E-state index contributed by atoms with van der Waals surface area (Å²) in [5, 5.41) is 3.90. The van der Waals surface area contributed by atoms with Crippen molar-refractivity contribution >= 4 is 48.8 Å². The molecule has 1 aliphatic rings. The zero-order chi connectivity index (χ0) is 17.7. The molecule has 4 nitrogen and oxygen atoms in total. The number of carbonyl (C=O) groups is 1. The number of rotatable bonds is 2. The largest absolute Gasteiger partial charge is 0.416 e. The summed E-state index contributed by atoms with van der Waals surface area (Å²) < 4.78 is 61.2. The lowest BCUT2D eigenvalue weighted by Gasteiger charge is -2.08. The molecular formula is C14H9ClF3NO3S2. The molecule has 1 aromatic heterocycles. The van der Waals surface area contributed by atoms with Gasteiger partial charge in [-0.2, -0.15) is 13.2 Å². The third-order valence-electron chi connectivity index (χ3n) is 3.41. The van der Waals surface area contributed by atoms with Gasteiger partial charge in [-0.1, -0.05) is 17.7 Å². The zero-order valence-electron chi connectivity index (χ0n) is 11.7. The van der Waals surface area contributed by atoms with E-state index >= 15 is 0 Å². The van der Waals surface area contributed by atoms with E-state index in [2.05, 4.69) is 5.32 Å². The van der Waals surface area contributed by atoms with Crippen molar-refractivity contribution in [2.45, 2.75) is 12.2 Å².